The highest BCUT2D eigenvalue weighted by atomic mass is 35.5. The van der Waals surface area contributed by atoms with Crippen LogP contribution in [0, 0.1) is 0 Å². The first-order valence-electron chi connectivity index (χ1n) is 8.76. The zero-order chi connectivity index (χ0) is 21.0. The summed E-state index contributed by atoms with van der Waals surface area (Å²) in [6.45, 7) is 0. The van der Waals surface area contributed by atoms with Crippen LogP contribution in [0.3, 0.4) is 0 Å². The fourth-order valence-electron chi connectivity index (χ4n) is 3.20. The third-order valence-corrected chi connectivity index (χ3v) is 4.79. The summed E-state index contributed by atoms with van der Waals surface area (Å²) in [4.78, 5) is 27.0. The minimum atomic E-state index is -0.680. The lowest BCUT2D eigenvalue weighted by molar-refractivity contribution is -0.137. The number of anilines is 1. The van der Waals surface area contributed by atoms with Crippen LogP contribution in [-0.2, 0) is 19.1 Å². The molecule has 0 atom stereocenters. The van der Waals surface area contributed by atoms with Crippen molar-refractivity contribution in [3.8, 4) is 5.75 Å². The molecule has 2 aromatic carbocycles. The number of hydrogen-bond acceptors (Lipinski definition) is 6. The summed E-state index contributed by atoms with van der Waals surface area (Å²) in [7, 11) is 4.15. The largest absolute Gasteiger partial charge is 0.497 e. The quantitative estimate of drug-likeness (QED) is 0.688. The lowest BCUT2D eigenvalue weighted by Gasteiger charge is -2.30. The normalized spacial score (nSPS) is 14.0. The van der Waals surface area contributed by atoms with Gasteiger partial charge in [-0.3, -0.25) is 0 Å². The van der Waals surface area contributed by atoms with Gasteiger partial charge in [0.25, 0.3) is 0 Å². The summed E-state index contributed by atoms with van der Waals surface area (Å²) in [5, 5.41) is 0.526. The van der Waals surface area contributed by atoms with Crippen LogP contribution in [0.25, 0.3) is 0 Å². The Balaban J connectivity index is 2.19. The fraction of sp³-hybridized carbons (Fsp3) is 0.182. The average Bonchev–Trinajstić information content (AvgIpc) is 2.77. The number of rotatable bonds is 5. The molecule has 6 nitrogen and oxygen atoms in total. The van der Waals surface area contributed by atoms with E-state index in [1.54, 1.807) is 60.8 Å². The molecule has 7 heteroatoms. The Kier molecular flexibility index (Phi) is 6.24. The predicted molar refractivity (Wildman–Crippen MR) is 110 cm³/mol. The summed E-state index contributed by atoms with van der Waals surface area (Å²) >= 11 is 6.11. The summed E-state index contributed by atoms with van der Waals surface area (Å²) in [5.41, 5.74) is 1.94. The third kappa shape index (κ3) is 4.27. The maximum Gasteiger partial charge on any atom is 0.336 e. The van der Waals surface area contributed by atoms with Gasteiger partial charge in [-0.05, 0) is 35.9 Å². The zero-order valence-corrected chi connectivity index (χ0v) is 17.0. The maximum absolute atomic E-state index is 12.7. The summed E-state index contributed by atoms with van der Waals surface area (Å²) in [6, 6.07) is 14.2. The Morgan fingerprint density at radius 3 is 2.07 bits per heavy atom. The highest BCUT2D eigenvalue weighted by molar-refractivity contribution is 6.30. The van der Waals surface area contributed by atoms with Crippen LogP contribution in [0.4, 0.5) is 5.69 Å². The van der Waals surface area contributed by atoms with E-state index >= 15 is 0 Å². The highest BCUT2D eigenvalue weighted by Crippen LogP contribution is 2.39. The molecule has 0 amide bonds. The molecule has 0 aromatic heterocycles. The van der Waals surface area contributed by atoms with Gasteiger partial charge < -0.3 is 19.1 Å². The second-order valence-electron chi connectivity index (χ2n) is 6.25. The summed E-state index contributed by atoms with van der Waals surface area (Å²) in [5.74, 6) is -1.19. The molecule has 0 N–H and O–H groups in total. The van der Waals surface area contributed by atoms with Gasteiger partial charge in [-0.15, -0.1) is 0 Å². The first-order valence-corrected chi connectivity index (χ1v) is 9.14. The maximum atomic E-state index is 12.7. The summed E-state index contributed by atoms with van der Waals surface area (Å²) in [6.07, 6.45) is 3.27. The second-order valence-corrected chi connectivity index (χ2v) is 6.69. The Morgan fingerprint density at radius 1 is 0.897 bits per heavy atom. The number of methoxy groups -OCH3 is 3. The van der Waals surface area contributed by atoms with Crippen molar-refractivity contribution in [2.45, 2.75) is 5.92 Å². The minimum absolute atomic E-state index is 0.281. The van der Waals surface area contributed by atoms with Crippen molar-refractivity contribution in [3.05, 3.63) is 82.7 Å². The van der Waals surface area contributed by atoms with Crippen molar-refractivity contribution in [1.29, 1.82) is 0 Å². The summed E-state index contributed by atoms with van der Waals surface area (Å²) < 4.78 is 15.3. The van der Waals surface area contributed by atoms with Gasteiger partial charge in [-0.1, -0.05) is 29.8 Å². The Hall–Kier alpha value is -3.25. The van der Waals surface area contributed by atoms with Gasteiger partial charge in [0.1, 0.15) is 5.75 Å². The van der Waals surface area contributed by atoms with E-state index in [2.05, 4.69) is 0 Å². The van der Waals surface area contributed by atoms with Gasteiger partial charge in [0, 0.05) is 23.1 Å². The number of esters is 2. The van der Waals surface area contributed by atoms with Crippen molar-refractivity contribution >= 4 is 29.2 Å². The topological polar surface area (TPSA) is 65.1 Å². The van der Waals surface area contributed by atoms with E-state index in [0.717, 1.165) is 0 Å². The molecule has 150 valence electrons. The predicted octanol–water partition coefficient (Wildman–Crippen LogP) is 4.07. The Bertz CT molecular complexity index is 964. The van der Waals surface area contributed by atoms with E-state index in [9.17, 15) is 9.59 Å². The average molecular weight is 414 g/mol. The van der Waals surface area contributed by atoms with Crippen molar-refractivity contribution in [1.82, 2.24) is 0 Å². The van der Waals surface area contributed by atoms with E-state index in [4.69, 9.17) is 25.8 Å². The van der Waals surface area contributed by atoms with Gasteiger partial charge in [0.2, 0.25) is 0 Å². The molecule has 0 bridgehead atoms. The standard InChI is InChI=1S/C22H20ClNO5/c1-27-17-9-4-6-14(10-17)20-18(21(25)28-2)12-24(13-19(20)22(26)29-3)16-8-5-7-15(23)11-16/h4-13,20H,1-3H3. The van der Waals surface area contributed by atoms with Crippen molar-refractivity contribution in [2.75, 3.05) is 26.2 Å². The Morgan fingerprint density at radius 2 is 1.52 bits per heavy atom. The molecular weight excluding hydrogens is 394 g/mol. The van der Waals surface area contributed by atoms with Crippen molar-refractivity contribution in [2.24, 2.45) is 0 Å². The van der Waals surface area contributed by atoms with Crippen molar-refractivity contribution < 1.29 is 23.8 Å². The lowest BCUT2D eigenvalue weighted by Crippen LogP contribution is -2.28. The van der Waals surface area contributed by atoms with Crippen LogP contribution in [0.1, 0.15) is 11.5 Å². The van der Waals surface area contributed by atoms with E-state index < -0.39 is 17.9 Å². The smallest absolute Gasteiger partial charge is 0.336 e. The SMILES string of the molecule is COC(=O)C1=CN(c2cccc(Cl)c2)C=C(C(=O)OC)C1c1cccc(OC)c1. The van der Waals surface area contributed by atoms with Crippen molar-refractivity contribution in [3.63, 3.8) is 0 Å². The van der Waals surface area contributed by atoms with Crippen LogP contribution in [-0.4, -0.2) is 33.3 Å². The van der Waals surface area contributed by atoms with Gasteiger partial charge in [-0.2, -0.15) is 0 Å². The molecular formula is C22H20ClNO5. The second kappa shape index (κ2) is 8.84. The first kappa shape index (κ1) is 20.5. The lowest BCUT2D eigenvalue weighted by atomic mass is 9.83. The molecule has 1 aliphatic heterocycles. The number of ether oxygens (including phenoxy) is 3. The van der Waals surface area contributed by atoms with E-state index in [1.165, 1.54) is 14.2 Å². The van der Waals surface area contributed by atoms with Gasteiger partial charge in [0.05, 0.1) is 38.4 Å². The highest BCUT2D eigenvalue weighted by Gasteiger charge is 2.35. The number of hydrogen-bond donors (Lipinski definition) is 0. The molecule has 29 heavy (non-hydrogen) atoms. The number of carbonyl (C=O) groups is 2. The molecule has 0 radical (unpaired) electrons. The van der Waals surface area contributed by atoms with Crippen LogP contribution in [0.5, 0.6) is 5.75 Å². The molecule has 0 saturated heterocycles. The third-order valence-electron chi connectivity index (χ3n) is 4.55. The fourth-order valence-corrected chi connectivity index (χ4v) is 3.38. The molecule has 0 fully saturated rings. The minimum Gasteiger partial charge on any atom is -0.497 e. The number of halogens is 1. The molecule has 0 spiro atoms. The number of carbonyl (C=O) groups excluding carboxylic acids is 2. The molecule has 2 aromatic rings. The van der Waals surface area contributed by atoms with E-state index in [-0.39, 0.29) is 11.1 Å². The zero-order valence-electron chi connectivity index (χ0n) is 16.2. The molecule has 0 aliphatic carbocycles. The van der Waals surface area contributed by atoms with E-state index in [0.29, 0.717) is 22.0 Å². The van der Waals surface area contributed by atoms with E-state index in [1.807, 2.05) is 12.1 Å². The van der Waals surface area contributed by atoms with Gasteiger partial charge in [-0.25, -0.2) is 9.59 Å². The van der Waals surface area contributed by atoms with Crippen LogP contribution >= 0.6 is 11.6 Å². The molecule has 0 unspecified atom stereocenters. The van der Waals surface area contributed by atoms with Crippen LogP contribution in [0.2, 0.25) is 5.02 Å². The van der Waals surface area contributed by atoms with Gasteiger partial charge >= 0.3 is 11.9 Å². The monoisotopic (exact) mass is 413 g/mol. The Labute approximate surface area is 173 Å². The molecule has 3 rings (SSSR count). The van der Waals surface area contributed by atoms with Crippen LogP contribution in [0.15, 0.2) is 72.1 Å². The number of benzene rings is 2. The molecule has 1 aliphatic rings. The molecule has 1 heterocycles. The first-order chi connectivity index (χ1) is 14.0. The van der Waals surface area contributed by atoms with Crippen LogP contribution < -0.4 is 9.64 Å². The van der Waals surface area contributed by atoms with Gasteiger partial charge in [0.15, 0.2) is 0 Å². The molecule has 0 saturated carbocycles. The number of nitrogens with zero attached hydrogens (tertiary/aromatic N) is 1.